The first-order chi connectivity index (χ1) is 12.3. The number of likely N-dealkylation sites (N-methyl/N-ethyl adjacent to an activating group) is 1. The van der Waals surface area contributed by atoms with Crippen molar-refractivity contribution in [3.05, 3.63) is 53.2 Å². The second-order valence-electron chi connectivity index (χ2n) is 6.36. The Kier molecular flexibility index (Phi) is 6.37. The highest BCUT2D eigenvalue weighted by Gasteiger charge is 2.38. The molecule has 0 aliphatic carbocycles. The molecular formula is C20H24ClN3O2. The van der Waals surface area contributed by atoms with E-state index in [1.807, 2.05) is 32.0 Å². The topological polar surface area (TPSA) is 62.3 Å². The number of carbonyl (C=O) groups excluding carboxylic acids is 2. The third-order valence-corrected chi connectivity index (χ3v) is 4.71. The molecule has 0 spiro atoms. The Balaban J connectivity index is 2.32. The number of aromatic nitrogens is 1. The first-order valence-corrected chi connectivity index (χ1v) is 8.98. The zero-order valence-electron chi connectivity index (χ0n) is 15.5. The van der Waals surface area contributed by atoms with Crippen LogP contribution < -0.4 is 5.32 Å². The van der Waals surface area contributed by atoms with Crippen LogP contribution in [0.2, 0.25) is 5.02 Å². The van der Waals surface area contributed by atoms with Crippen molar-refractivity contribution < 1.29 is 9.59 Å². The van der Waals surface area contributed by atoms with Gasteiger partial charge in [0.25, 0.3) is 5.91 Å². The fourth-order valence-corrected chi connectivity index (χ4v) is 3.05. The van der Waals surface area contributed by atoms with E-state index in [-0.39, 0.29) is 17.5 Å². The van der Waals surface area contributed by atoms with E-state index in [1.165, 1.54) is 4.90 Å². The molecule has 138 valence electrons. The Bertz CT molecular complexity index is 801. The van der Waals surface area contributed by atoms with Crippen molar-refractivity contribution in [3.8, 4) is 11.3 Å². The highest BCUT2D eigenvalue weighted by atomic mass is 35.5. The third-order valence-electron chi connectivity index (χ3n) is 4.48. The summed E-state index contributed by atoms with van der Waals surface area (Å²) in [5, 5.41) is 3.50. The van der Waals surface area contributed by atoms with E-state index in [4.69, 9.17) is 11.6 Å². The molecule has 2 rings (SSSR count). The summed E-state index contributed by atoms with van der Waals surface area (Å²) in [5.41, 5.74) is 0.806. The van der Waals surface area contributed by atoms with Crippen LogP contribution in [0.3, 0.4) is 0 Å². The highest BCUT2D eigenvalue weighted by Crippen LogP contribution is 2.22. The van der Waals surface area contributed by atoms with Crippen LogP contribution in [0.15, 0.2) is 42.5 Å². The lowest BCUT2D eigenvalue weighted by atomic mass is 9.90. The zero-order valence-corrected chi connectivity index (χ0v) is 16.3. The molecule has 0 atom stereocenters. The lowest BCUT2D eigenvalue weighted by Crippen LogP contribution is -2.57. The Morgan fingerprint density at radius 3 is 2.35 bits per heavy atom. The molecule has 26 heavy (non-hydrogen) atoms. The van der Waals surface area contributed by atoms with Crippen LogP contribution in [0.1, 0.15) is 37.2 Å². The van der Waals surface area contributed by atoms with Crippen LogP contribution in [0, 0.1) is 0 Å². The van der Waals surface area contributed by atoms with Gasteiger partial charge in [0.2, 0.25) is 5.91 Å². The largest absolute Gasteiger partial charge is 0.347 e. The Hall–Kier alpha value is -2.40. The van der Waals surface area contributed by atoms with Crippen LogP contribution >= 0.6 is 11.6 Å². The van der Waals surface area contributed by atoms with E-state index >= 15 is 0 Å². The quantitative estimate of drug-likeness (QED) is 0.838. The van der Waals surface area contributed by atoms with E-state index in [9.17, 15) is 9.59 Å². The molecule has 1 aromatic carbocycles. The molecule has 0 saturated heterocycles. The predicted molar refractivity (Wildman–Crippen MR) is 104 cm³/mol. The maximum absolute atomic E-state index is 12.8. The molecule has 0 bridgehead atoms. The van der Waals surface area contributed by atoms with Crippen LogP contribution in [0.25, 0.3) is 11.3 Å². The molecule has 0 unspecified atom stereocenters. The van der Waals surface area contributed by atoms with Crippen molar-refractivity contribution in [3.63, 3.8) is 0 Å². The normalized spacial score (nSPS) is 11.1. The van der Waals surface area contributed by atoms with E-state index in [0.29, 0.717) is 23.6 Å². The number of hydrogen-bond donors (Lipinski definition) is 1. The van der Waals surface area contributed by atoms with Gasteiger partial charge in [0.05, 0.1) is 5.69 Å². The molecular weight excluding hydrogens is 350 g/mol. The molecule has 2 aromatic rings. The van der Waals surface area contributed by atoms with Crippen molar-refractivity contribution in [1.29, 1.82) is 0 Å². The summed E-state index contributed by atoms with van der Waals surface area (Å²) in [7, 11) is 3.37. The number of rotatable bonds is 6. The molecule has 0 aliphatic heterocycles. The molecule has 0 saturated carbocycles. The maximum Gasteiger partial charge on any atom is 0.270 e. The van der Waals surface area contributed by atoms with Gasteiger partial charge in [-0.15, -0.1) is 0 Å². The van der Waals surface area contributed by atoms with Gasteiger partial charge in [-0.1, -0.05) is 43.6 Å². The number of amides is 2. The first kappa shape index (κ1) is 19.9. The lowest BCUT2D eigenvalue weighted by Gasteiger charge is -2.33. The summed E-state index contributed by atoms with van der Waals surface area (Å²) in [6, 6.07) is 12.5. The van der Waals surface area contributed by atoms with Gasteiger partial charge in [-0.3, -0.25) is 9.59 Å². The fourth-order valence-electron chi connectivity index (χ4n) is 2.86. The first-order valence-electron chi connectivity index (χ1n) is 8.60. The number of hydrogen-bond acceptors (Lipinski definition) is 3. The zero-order chi connectivity index (χ0) is 19.3. The van der Waals surface area contributed by atoms with Gasteiger partial charge in [0, 0.05) is 24.7 Å². The molecule has 0 radical (unpaired) electrons. The summed E-state index contributed by atoms with van der Waals surface area (Å²) in [4.78, 5) is 31.3. The summed E-state index contributed by atoms with van der Waals surface area (Å²) in [6.07, 6.45) is 1.00. The van der Waals surface area contributed by atoms with E-state index in [0.717, 1.165) is 5.56 Å². The lowest BCUT2D eigenvalue weighted by molar-refractivity contribution is -0.135. The SMILES string of the molecule is CCC(CC)(NC(=O)c1cccc(-c2cccc(Cl)c2)n1)C(=O)N(C)C. The number of benzene rings is 1. The summed E-state index contributed by atoms with van der Waals surface area (Å²) in [6.45, 7) is 3.78. The van der Waals surface area contributed by atoms with E-state index in [2.05, 4.69) is 10.3 Å². The predicted octanol–water partition coefficient (Wildman–Crippen LogP) is 3.78. The highest BCUT2D eigenvalue weighted by molar-refractivity contribution is 6.30. The number of nitrogens with one attached hydrogen (secondary N) is 1. The minimum Gasteiger partial charge on any atom is -0.347 e. The van der Waals surface area contributed by atoms with Crippen molar-refractivity contribution >= 4 is 23.4 Å². The molecule has 1 N–H and O–H groups in total. The van der Waals surface area contributed by atoms with E-state index in [1.54, 1.807) is 38.4 Å². The van der Waals surface area contributed by atoms with Crippen LogP contribution in [-0.4, -0.2) is 41.3 Å². The number of carbonyl (C=O) groups is 2. The Morgan fingerprint density at radius 1 is 1.12 bits per heavy atom. The number of pyridine rings is 1. The number of nitrogens with zero attached hydrogens (tertiary/aromatic N) is 2. The van der Waals surface area contributed by atoms with E-state index < -0.39 is 5.54 Å². The molecule has 2 amide bonds. The third kappa shape index (κ3) is 4.22. The summed E-state index contributed by atoms with van der Waals surface area (Å²) < 4.78 is 0. The van der Waals surface area contributed by atoms with Crippen LogP contribution in [0.5, 0.6) is 0 Å². The van der Waals surface area contributed by atoms with Gasteiger partial charge in [0.15, 0.2) is 0 Å². The van der Waals surface area contributed by atoms with Crippen molar-refractivity contribution in [2.75, 3.05) is 14.1 Å². The second-order valence-corrected chi connectivity index (χ2v) is 6.80. The van der Waals surface area contributed by atoms with Crippen LogP contribution in [0.4, 0.5) is 0 Å². The van der Waals surface area contributed by atoms with Crippen LogP contribution in [-0.2, 0) is 4.79 Å². The molecule has 0 fully saturated rings. The van der Waals surface area contributed by atoms with Gasteiger partial charge >= 0.3 is 0 Å². The monoisotopic (exact) mass is 373 g/mol. The van der Waals surface area contributed by atoms with Gasteiger partial charge in [-0.2, -0.15) is 0 Å². The second kappa shape index (κ2) is 8.32. The van der Waals surface area contributed by atoms with Gasteiger partial charge in [-0.25, -0.2) is 4.98 Å². The Labute approximate surface area is 159 Å². The van der Waals surface area contributed by atoms with Crippen molar-refractivity contribution in [2.45, 2.75) is 32.2 Å². The van der Waals surface area contributed by atoms with Crippen molar-refractivity contribution in [2.24, 2.45) is 0 Å². The van der Waals surface area contributed by atoms with Crippen molar-refractivity contribution in [1.82, 2.24) is 15.2 Å². The molecule has 1 aromatic heterocycles. The molecule has 5 nitrogen and oxygen atoms in total. The van der Waals surface area contributed by atoms with Gasteiger partial charge < -0.3 is 10.2 Å². The smallest absolute Gasteiger partial charge is 0.270 e. The minimum atomic E-state index is -0.936. The minimum absolute atomic E-state index is 0.123. The maximum atomic E-state index is 12.8. The fraction of sp³-hybridized carbons (Fsp3) is 0.350. The average Bonchev–Trinajstić information content (AvgIpc) is 2.65. The molecule has 6 heteroatoms. The number of halogens is 1. The Morgan fingerprint density at radius 2 is 1.77 bits per heavy atom. The van der Waals surface area contributed by atoms with Gasteiger partial charge in [-0.05, 0) is 37.1 Å². The van der Waals surface area contributed by atoms with Gasteiger partial charge in [0.1, 0.15) is 11.2 Å². The summed E-state index contributed by atoms with van der Waals surface area (Å²) in [5.74, 6) is -0.491. The standard InChI is InChI=1S/C20H24ClN3O2/c1-5-20(6-2,19(26)24(3)4)23-18(25)17-12-8-11-16(22-17)14-9-7-10-15(21)13-14/h7-13H,5-6H2,1-4H3,(H,23,25). The molecule has 1 heterocycles. The molecule has 0 aliphatic rings. The summed E-state index contributed by atoms with van der Waals surface area (Å²) >= 11 is 6.04. The average molecular weight is 374 g/mol.